The minimum atomic E-state index is -0.00961. The molecule has 0 aliphatic carbocycles. The molecule has 15 heavy (non-hydrogen) atoms. The summed E-state index contributed by atoms with van der Waals surface area (Å²) in [7, 11) is 0. The molecule has 2 N–H and O–H groups in total. The fraction of sp³-hybridized carbons (Fsp3) is 0.900. The van der Waals surface area contributed by atoms with Gasteiger partial charge in [-0.2, -0.15) is 0 Å². The van der Waals surface area contributed by atoms with Crippen LogP contribution in [0, 0.1) is 0 Å². The molecule has 2 saturated heterocycles. The van der Waals surface area contributed by atoms with Crippen molar-refractivity contribution in [1.29, 1.82) is 0 Å². The quantitative estimate of drug-likeness (QED) is 0.663. The molecule has 1 amide bonds. The van der Waals surface area contributed by atoms with Gasteiger partial charge in [-0.15, -0.1) is 0 Å². The van der Waals surface area contributed by atoms with Crippen molar-refractivity contribution in [1.82, 2.24) is 4.90 Å². The van der Waals surface area contributed by atoms with E-state index in [2.05, 4.69) is 0 Å². The third kappa shape index (κ3) is 2.48. The molecule has 2 aliphatic rings. The van der Waals surface area contributed by atoms with Crippen molar-refractivity contribution in [3.8, 4) is 0 Å². The van der Waals surface area contributed by atoms with E-state index in [1.54, 1.807) is 0 Å². The summed E-state index contributed by atoms with van der Waals surface area (Å²) in [4.78, 5) is 13.5. The average Bonchev–Trinajstić information content (AvgIpc) is 2.31. The number of amides is 1. The number of carbonyl (C=O) groups is 1. The summed E-state index contributed by atoms with van der Waals surface area (Å²) < 4.78 is 10.7. The number of nitrogens with two attached hydrogens (primary N) is 1. The van der Waals surface area contributed by atoms with Crippen LogP contribution in [0.5, 0.6) is 0 Å². The number of ether oxygens (including phenoxy) is 2. The summed E-state index contributed by atoms with van der Waals surface area (Å²) >= 11 is 0. The third-order valence-corrected chi connectivity index (χ3v) is 3.00. The Labute approximate surface area is 89.5 Å². The monoisotopic (exact) mass is 214 g/mol. The van der Waals surface area contributed by atoms with Gasteiger partial charge in [-0.05, 0) is 12.8 Å². The van der Waals surface area contributed by atoms with E-state index in [0.717, 1.165) is 19.4 Å². The number of rotatable bonds is 2. The second kappa shape index (κ2) is 4.92. The van der Waals surface area contributed by atoms with Crippen molar-refractivity contribution >= 4 is 5.91 Å². The summed E-state index contributed by atoms with van der Waals surface area (Å²) in [6, 6.07) is 0.226. The van der Waals surface area contributed by atoms with Crippen LogP contribution in [0.4, 0.5) is 0 Å². The minimum absolute atomic E-state index is 0.00961. The lowest BCUT2D eigenvalue weighted by molar-refractivity contribution is -0.155. The predicted octanol–water partition coefficient (Wildman–Crippen LogP) is -0.648. The summed E-state index contributed by atoms with van der Waals surface area (Å²) in [5.74, 6) is 0.0650. The zero-order chi connectivity index (χ0) is 10.7. The molecule has 86 valence electrons. The van der Waals surface area contributed by atoms with Gasteiger partial charge in [0, 0.05) is 19.7 Å². The van der Waals surface area contributed by atoms with Crippen molar-refractivity contribution in [3.05, 3.63) is 0 Å². The van der Waals surface area contributed by atoms with Gasteiger partial charge in [0.2, 0.25) is 5.91 Å². The molecule has 2 aliphatic heterocycles. The van der Waals surface area contributed by atoms with Gasteiger partial charge in [0.15, 0.2) is 0 Å². The number of nitrogens with zero attached hydrogens (tertiary/aromatic N) is 1. The maximum atomic E-state index is 11.7. The van der Waals surface area contributed by atoms with Crippen LogP contribution in [0.25, 0.3) is 0 Å². The molecule has 5 nitrogen and oxygen atoms in total. The molecule has 2 atom stereocenters. The molecular formula is C10H18N2O3. The Kier molecular flexibility index (Phi) is 3.56. The normalized spacial score (nSPS) is 33.1. The Hall–Kier alpha value is -0.650. The topological polar surface area (TPSA) is 64.8 Å². The Morgan fingerprint density at radius 3 is 3.07 bits per heavy atom. The molecule has 2 heterocycles. The van der Waals surface area contributed by atoms with Crippen LogP contribution in [0.15, 0.2) is 0 Å². The van der Waals surface area contributed by atoms with Crippen molar-refractivity contribution in [2.45, 2.75) is 25.0 Å². The van der Waals surface area contributed by atoms with Gasteiger partial charge >= 0.3 is 0 Å². The van der Waals surface area contributed by atoms with Crippen molar-refractivity contribution in [3.63, 3.8) is 0 Å². The van der Waals surface area contributed by atoms with Crippen molar-refractivity contribution in [2.24, 2.45) is 5.73 Å². The highest BCUT2D eigenvalue weighted by molar-refractivity contribution is 5.78. The standard InChI is InChI=1S/C10H18N2O3/c11-4-9-5-12(10(13)7-15-9)8-2-1-3-14-6-8/h8-9H,1-7,11H2. The van der Waals surface area contributed by atoms with Crippen LogP contribution in [0.3, 0.4) is 0 Å². The predicted molar refractivity (Wildman–Crippen MR) is 54.3 cm³/mol. The third-order valence-electron chi connectivity index (χ3n) is 3.00. The molecule has 0 radical (unpaired) electrons. The minimum Gasteiger partial charge on any atom is -0.379 e. The van der Waals surface area contributed by atoms with Crippen LogP contribution in [-0.4, -0.2) is 55.9 Å². The first kappa shape index (κ1) is 10.9. The SMILES string of the molecule is NCC1CN(C2CCCOC2)C(=O)CO1. The highest BCUT2D eigenvalue weighted by Crippen LogP contribution is 2.17. The Bertz CT molecular complexity index is 229. The lowest BCUT2D eigenvalue weighted by Crippen LogP contribution is -2.55. The van der Waals surface area contributed by atoms with Crippen LogP contribution in [0.1, 0.15) is 12.8 Å². The van der Waals surface area contributed by atoms with E-state index in [0.29, 0.717) is 19.7 Å². The Morgan fingerprint density at radius 1 is 1.53 bits per heavy atom. The molecule has 0 spiro atoms. The average molecular weight is 214 g/mol. The molecule has 0 aromatic heterocycles. The van der Waals surface area contributed by atoms with E-state index >= 15 is 0 Å². The number of carbonyl (C=O) groups excluding carboxylic acids is 1. The second-order valence-electron chi connectivity index (χ2n) is 4.09. The highest BCUT2D eigenvalue weighted by atomic mass is 16.5. The van der Waals surface area contributed by atoms with E-state index in [-0.39, 0.29) is 24.7 Å². The van der Waals surface area contributed by atoms with Crippen molar-refractivity contribution in [2.75, 3.05) is 32.9 Å². The lowest BCUT2D eigenvalue weighted by Gasteiger charge is -2.39. The highest BCUT2D eigenvalue weighted by Gasteiger charge is 2.31. The van der Waals surface area contributed by atoms with Gasteiger partial charge in [-0.3, -0.25) is 4.79 Å². The first-order valence-electron chi connectivity index (χ1n) is 5.50. The van der Waals surface area contributed by atoms with E-state index in [1.165, 1.54) is 0 Å². The van der Waals surface area contributed by atoms with E-state index in [1.807, 2.05) is 4.90 Å². The second-order valence-corrected chi connectivity index (χ2v) is 4.09. The fourth-order valence-electron chi connectivity index (χ4n) is 2.11. The number of hydrogen-bond acceptors (Lipinski definition) is 4. The van der Waals surface area contributed by atoms with Gasteiger partial charge in [0.25, 0.3) is 0 Å². The zero-order valence-corrected chi connectivity index (χ0v) is 8.85. The van der Waals surface area contributed by atoms with Gasteiger partial charge in [-0.1, -0.05) is 0 Å². The lowest BCUT2D eigenvalue weighted by atomic mass is 10.1. The summed E-state index contributed by atoms with van der Waals surface area (Å²) in [5, 5.41) is 0. The van der Waals surface area contributed by atoms with Gasteiger partial charge in [0.1, 0.15) is 6.61 Å². The summed E-state index contributed by atoms with van der Waals surface area (Å²) in [5.41, 5.74) is 5.55. The Morgan fingerprint density at radius 2 is 2.40 bits per heavy atom. The Balaban J connectivity index is 1.95. The largest absolute Gasteiger partial charge is 0.379 e. The van der Waals surface area contributed by atoms with E-state index < -0.39 is 0 Å². The number of hydrogen-bond donors (Lipinski definition) is 1. The van der Waals surface area contributed by atoms with Crippen LogP contribution >= 0.6 is 0 Å². The van der Waals surface area contributed by atoms with Crippen molar-refractivity contribution < 1.29 is 14.3 Å². The summed E-state index contributed by atoms with van der Waals surface area (Å²) in [6.07, 6.45) is 2.05. The molecule has 2 fully saturated rings. The summed E-state index contributed by atoms with van der Waals surface area (Å²) in [6.45, 7) is 2.72. The first-order chi connectivity index (χ1) is 7.31. The van der Waals surface area contributed by atoms with Crippen LogP contribution in [-0.2, 0) is 14.3 Å². The molecular weight excluding hydrogens is 196 g/mol. The zero-order valence-electron chi connectivity index (χ0n) is 8.85. The van der Waals surface area contributed by atoms with Crippen LogP contribution in [0.2, 0.25) is 0 Å². The smallest absolute Gasteiger partial charge is 0.249 e. The molecule has 5 heteroatoms. The first-order valence-corrected chi connectivity index (χ1v) is 5.50. The fourth-order valence-corrected chi connectivity index (χ4v) is 2.11. The number of morpholine rings is 1. The molecule has 2 unspecified atom stereocenters. The maximum Gasteiger partial charge on any atom is 0.249 e. The molecule has 0 saturated carbocycles. The van der Waals surface area contributed by atoms with Gasteiger partial charge < -0.3 is 20.1 Å². The van der Waals surface area contributed by atoms with Gasteiger partial charge in [-0.25, -0.2) is 0 Å². The van der Waals surface area contributed by atoms with E-state index in [4.69, 9.17) is 15.2 Å². The molecule has 0 bridgehead atoms. The molecule has 2 rings (SSSR count). The van der Waals surface area contributed by atoms with Gasteiger partial charge in [0.05, 0.1) is 18.8 Å². The molecule has 0 aromatic carbocycles. The maximum absolute atomic E-state index is 11.7. The van der Waals surface area contributed by atoms with Crippen LogP contribution < -0.4 is 5.73 Å². The van der Waals surface area contributed by atoms with E-state index in [9.17, 15) is 4.79 Å². The molecule has 0 aromatic rings.